The molecule has 0 aliphatic heterocycles. The van der Waals surface area contributed by atoms with Gasteiger partial charge < -0.3 is 10.6 Å². The minimum atomic E-state index is -0.0817. The molecule has 5 aromatic rings. The van der Waals surface area contributed by atoms with Crippen LogP contribution in [0.5, 0.6) is 0 Å². The predicted octanol–water partition coefficient (Wildman–Crippen LogP) is 10.5. The summed E-state index contributed by atoms with van der Waals surface area (Å²) in [7, 11) is 0. The van der Waals surface area contributed by atoms with Crippen LogP contribution in [0.25, 0.3) is 27.1 Å². The van der Waals surface area contributed by atoms with Crippen molar-refractivity contribution in [2.24, 2.45) is 0 Å². The van der Waals surface area contributed by atoms with Gasteiger partial charge in [0.25, 0.3) is 0 Å². The second kappa shape index (κ2) is 9.63. The highest BCUT2D eigenvalue weighted by Crippen LogP contribution is 2.48. The van der Waals surface area contributed by atoms with Gasteiger partial charge in [0.1, 0.15) is 0 Å². The van der Waals surface area contributed by atoms with Crippen LogP contribution in [0.3, 0.4) is 0 Å². The molecule has 0 saturated heterocycles. The summed E-state index contributed by atoms with van der Waals surface area (Å²) in [6.45, 7) is 12.7. The first kappa shape index (κ1) is 24.8. The maximum atomic E-state index is 3.89. The lowest BCUT2D eigenvalue weighted by Crippen LogP contribution is -2.11. The van der Waals surface area contributed by atoms with E-state index in [-0.39, 0.29) is 5.41 Å². The number of benzene rings is 5. The molecule has 2 heteroatoms. The first-order valence-electron chi connectivity index (χ1n) is 13.6. The average molecular weight is 507 g/mol. The van der Waals surface area contributed by atoms with Gasteiger partial charge >= 0.3 is 0 Å². The van der Waals surface area contributed by atoms with Crippen molar-refractivity contribution in [2.45, 2.75) is 33.1 Å². The van der Waals surface area contributed by atoms with Crippen LogP contribution in [-0.4, -0.2) is 0 Å². The van der Waals surface area contributed by atoms with Crippen LogP contribution >= 0.6 is 0 Å². The van der Waals surface area contributed by atoms with Gasteiger partial charge in [-0.1, -0.05) is 104 Å². The van der Waals surface area contributed by atoms with Gasteiger partial charge in [0.15, 0.2) is 0 Å². The highest BCUT2D eigenvalue weighted by atomic mass is 14.9. The Bertz CT molecular complexity index is 1780. The van der Waals surface area contributed by atoms with E-state index in [0.717, 1.165) is 22.7 Å². The number of hydrogen-bond donors (Lipinski definition) is 2. The Hall–Kier alpha value is -4.56. The standard InChI is InChI=1S/C37H34N2/c1-6-7-10-26-23-37(4,5)34-22-33-32(21-31(26)34)35(38-27-17-13-24(2)14-18-27)29-11-8-9-12-30(29)36(33)39-28-19-15-25(3)16-20-28/h6-23,38-39H,1H2,2-5H3/b10-7-. The molecular formula is C37H34N2. The van der Waals surface area contributed by atoms with E-state index in [9.17, 15) is 0 Å². The zero-order chi connectivity index (χ0) is 27.1. The van der Waals surface area contributed by atoms with E-state index in [1.807, 2.05) is 12.2 Å². The molecule has 1 aliphatic rings. The van der Waals surface area contributed by atoms with E-state index in [4.69, 9.17) is 0 Å². The minimum absolute atomic E-state index is 0.0817. The smallest absolute Gasteiger partial charge is 0.0545 e. The molecule has 0 spiro atoms. The van der Waals surface area contributed by atoms with Crippen LogP contribution in [0.1, 0.15) is 36.1 Å². The van der Waals surface area contributed by atoms with Crippen molar-refractivity contribution >= 4 is 49.9 Å². The fraction of sp³-hybridized carbons (Fsp3) is 0.135. The zero-order valence-electron chi connectivity index (χ0n) is 23.1. The molecule has 2 N–H and O–H groups in total. The van der Waals surface area contributed by atoms with Crippen LogP contribution in [0, 0.1) is 13.8 Å². The quantitative estimate of drug-likeness (QED) is 0.136. The maximum absolute atomic E-state index is 3.89. The van der Waals surface area contributed by atoms with Gasteiger partial charge in [-0.3, -0.25) is 0 Å². The molecule has 2 nitrogen and oxygen atoms in total. The van der Waals surface area contributed by atoms with Crippen molar-refractivity contribution in [3.63, 3.8) is 0 Å². The first-order chi connectivity index (χ1) is 18.8. The van der Waals surface area contributed by atoms with Gasteiger partial charge in [-0.2, -0.15) is 0 Å². The van der Waals surface area contributed by atoms with Crippen molar-refractivity contribution in [2.75, 3.05) is 10.6 Å². The summed E-state index contributed by atoms with van der Waals surface area (Å²) in [5.41, 5.74) is 10.7. The fourth-order valence-corrected chi connectivity index (χ4v) is 5.68. The summed E-state index contributed by atoms with van der Waals surface area (Å²) < 4.78 is 0. The monoisotopic (exact) mass is 506 g/mol. The lowest BCUT2D eigenvalue weighted by atomic mass is 9.84. The minimum Gasteiger partial charge on any atom is -0.355 e. The Morgan fingerprint density at radius 1 is 0.667 bits per heavy atom. The fourth-order valence-electron chi connectivity index (χ4n) is 5.68. The topological polar surface area (TPSA) is 24.1 Å². The van der Waals surface area contributed by atoms with Gasteiger partial charge in [0.05, 0.1) is 11.4 Å². The van der Waals surface area contributed by atoms with Crippen molar-refractivity contribution in [3.8, 4) is 0 Å². The van der Waals surface area contributed by atoms with Crippen LogP contribution in [0.15, 0.2) is 116 Å². The molecule has 0 heterocycles. The molecule has 6 rings (SSSR count). The number of nitrogens with one attached hydrogen (secondary N) is 2. The van der Waals surface area contributed by atoms with Crippen LogP contribution in [0.4, 0.5) is 22.7 Å². The van der Waals surface area contributed by atoms with Gasteiger partial charge in [-0.05, 0) is 66.9 Å². The molecule has 0 saturated carbocycles. The molecule has 39 heavy (non-hydrogen) atoms. The SMILES string of the molecule is C=C/C=C\C1=CC(C)(C)c2cc3c(Nc4ccc(C)cc4)c4ccccc4c(Nc4ccc(C)cc4)c3cc21. The van der Waals surface area contributed by atoms with Gasteiger partial charge in [-0.25, -0.2) is 0 Å². The van der Waals surface area contributed by atoms with Crippen molar-refractivity contribution in [3.05, 3.63) is 138 Å². The van der Waals surface area contributed by atoms with E-state index in [0.29, 0.717) is 0 Å². The Morgan fingerprint density at radius 2 is 1.18 bits per heavy atom. The number of fused-ring (bicyclic) bond motifs is 3. The van der Waals surface area contributed by atoms with E-state index in [2.05, 4.69) is 142 Å². The molecular weight excluding hydrogens is 472 g/mol. The Kier molecular flexibility index (Phi) is 6.12. The second-order valence-corrected chi connectivity index (χ2v) is 11.1. The molecule has 0 atom stereocenters. The number of rotatable bonds is 6. The Balaban J connectivity index is 1.67. The summed E-state index contributed by atoms with van der Waals surface area (Å²) in [5.74, 6) is 0. The molecule has 0 radical (unpaired) electrons. The van der Waals surface area contributed by atoms with Crippen LogP contribution < -0.4 is 10.6 Å². The third-order valence-electron chi connectivity index (χ3n) is 7.74. The molecule has 5 aromatic carbocycles. The molecule has 0 amide bonds. The van der Waals surface area contributed by atoms with Crippen LogP contribution in [0.2, 0.25) is 0 Å². The highest BCUT2D eigenvalue weighted by Gasteiger charge is 2.30. The molecule has 0 unspecified atom stereocenters. The predicted molar refractivity (Wildman–Crippen MR) is 171 cm³/mol. The van der Waals surface area contributed by atoms with Crippen molar-refractivity contribution in [1.29, 1.82) is 0 Å². The normalized spacial score (nSPS) is 14.0. The number of aryl methyl sites for hydroxylation is 2. The van der Waals surface area contributed by atoms with Crippen LogP contribution in [-0.2, 0) is 5.41 Å². The summed E-state index contributed by atoms with van der Waals surface area (Å²) in [4.78, 5) is 0. The summed E-state index contributed by atoms with van der Waals surface area (Å²) in [5, 5.41) is 12.4. The highest BCUT2D eigenvalue weighted by molar-refractivity contribution is 6.21. The van der Waals surface area contributed by atoms with E-state index in [1.165, 1.54) is 49.4 Å². The third kappa shape index (κ3) is 4.53. The summed E-state index contributed by atoms with van der Waals surface area (Å²) in [6, 6.07) is 30.7. The van der Waals surface area contributed by atoms with E-state index >= 15 is 0 Å². The maximum Gasteiger partial charge on any atom is 0.0545 e. The molecule has 192 valence electrons. The second-order valence-electron chi connectivity index (χ2n) is 11.1. The lowest BCUT2D eigenvalue weighted by molar-refractivity contribution is 0.684. The number of hydrogen-bond acceptors (Lipinski definition) is 2. The summed E-state index contributed by atoms with van der Waals surface area (Å²) in [6.07, 6.45) is 8.41. The van der Waals surface area contributed by atoms with Gasteiger partial charge in [0.2, 0.25) is 0 Å². The van der Waals surface area contributed by atoms with Gasteiger partial charge in [-0.15, -0.1) is 0 Å². The largest absolute Gasteiger partial charge is 0.355 e. The zero-order valence-corrected chi connectivity index (χ0v) is 23.1. The third-order valence-corrected chi connectivity index (χ3v) is 7.74. The number of anilines is 4. The Morgan fingerprint density at radius 3 is 1.69 bits per heavy atom. The van der Waals surface area contributed by atoms with E-state index < -0.39 is 0 Å². The average Bonchev–Trinajstić information content (AvgIpc) is 3.19. The summed E-state index contributed by atoms with van der Waals surface area (Å²) >= 11 is 0. The van der Waals surface area contributed by atoms with Crippen molar-refractivity contribution < 1.29 is 0 Å². The first-order valence-corrected chi connectivity index (χ1v) is 13.6. The number of allylic oxidation sites excluding steroid dienone is 5. The molecule has 0 bridgehead atoms. The van der Waals surface area contributed by atoms with Crippen molar-refractivity contribution in [1.82, 2.24) is 0 Å². The lowest BCUT2D eigenvalue weighted by Gasteiger charge is -2.23. The molecule has 1 aliphatic carbocycles. The molecule has 0 aromatic heterocycles. The Labute approximate surface area is 231 Å². The molecule has 0 fully saturated rings. The van der Waals surface area contributed by atoms with Gasteiger partial charge in [0, 0.05) is 38.3 Å². The van der Waals surface area contributed by atoms with E-state index in [1.54, 1.807) is 0 Å².